The molecule has 0 atom stereocenters. The molecule has 1 heterocycles. The molecule has 0 bridgehead atoms. The molecular formula is C34H35ClN2O5S. The number of benzene rings is 3. The topological polar surface area (TPSA) is 84.9 Å². The number of carbonyl (C=O) groups excluding carboxylic acids is 3. The first kappa shape index (κ1) is 31.9. The van der Waals surface area contributed by atoms with Crippen molar-refractivity contribution >= 4 is 52.6 Å². The summed E-state index contributed by atoms with van der Waals surface area (Å²) >= 11 is 6.78. The van der Waals surface area contributed by atoms with E-state index in [2.05, 4.69) is 50.4 Å². The van der Waals surface area contributed by atoms with Gasteiger partial charge in [0.2, 0.25) is 5.91 Å². The maximum Gasteiger partial charge on any atom is 0.293 e. The van der Waals surface area contributed by atoms with Crippen LogP contribution in [0.15, 0.2) is 77.7 Å². The van der Waals surface area contributed by atoms with E-state index in [4.69, 9.17) is 21.1 Å². The Morgan fingerprint density at radius 1 is 0.953 bits per heavy atom. The smallest absolute Gasteiger partial charge is 0.293 e. The molecule has 0 unspecified atom stereocenters. The number of nitrogens with one attached hydrogen (secondary N) is 1. The fourth-order valence-corrected chi connectivity index (χ4v) is 5.19. The van der Waals surface area contributed by atoms with Crippen molar-refractivity contribution in [1.29, 1.82) is 0 Å². The number of imide groups is 1. The van der Waals surface area contributed by atoms with Crippen molar-refractivity contribution in [2.45, 2.75) is 39.7 Å². The van der Waals surface area contributed by atoms with E-state index in [0.29, 0.717) is 34.6 Å². The number of carbonyl (C=O) groups is 3. The van der Waals surface area contributed by atoms with Crippen molar-refractivity contribution in [3.63, 3.8) is 0 Å². The van der Waals surface area contributed by atoms with Gasteiger partial charge in [-0.3, -0.25) is 19.3 Å². The minimum Gasteiger partial charge on any atom is -0.490 e. The van der Waals surface area contributed by atoms with E-state index in [0.717, 1.165) is 33.4 Å². The third kappa shape index (κ3) is 8.99. The number of halogens is 1. The van der Waals surface area contributed by atoms with Crippen LogP contribution >= 0.6 is 23.4 Å². The minimum absolute atomic E-state index is 0.0711. The molecule has 43 heavy (non-hydrogen) atoms. The Morgan fingerprint density at radius 2 is 1.65 bits per heavy atom. The second-order valence-electron chi connectivity index (χ2n) is 10.9. The second kappa shape index (κ2) is 14.4. The molecule has 224 valence electrons. The zero-order valence-electron chi connectivity index (χ0n) is 24.7. The molecule has 0 spiro atoms. The van der Waals surface area contributed by atoms with Crippen LogP contribution in [0.4, 0.5) is 4.79 Å². The minimum atomic E-state index is -0.387. The first-order valence-electron chi connectivity index (χ1n) is 14.0. The van der Waals surface area contributed by atoms with Gasteiger partial charge >= 0.3 is 0 Å². The fraction of sp³-hybridized carbons (Fsp3) is 0.265. The van der Waals surface area contributed by atoms with Crippen LogP contribution in [0.1, 0.15) is 49.9 Å². The Labute approximate surface area is 261 Å². The van der Waals surface area contributed by atoms with Crippen LogP contribution in [-0.2, 0) is 21.6 Å². The average Bonchev–Trinajstić information content (AvgIpc) is 3.24. The maximum atomic E-state index is 12.7. The third-order valence-electron chi connectivity index (χ3n) is 6.59. The summed E-state index contributed by atoms with van der Waals surface area (Å²) in [4.78, 5) is 39.0. The lowest BCUT2D eigenvalue weighted by Crippen LogP contribution is -2.36. The average molecular weight is 619 g/mol. The summed E-state index contributed by atoms with van der Waals surface area (Å²) in [6, 6.07) is 20.9. The first-order valence-corrected chi connectivity index (χ1v) is 15.2. The van der Waals surface area contributed by atoms with Crippen LogP contribution < -0.4 is 14.8 Å². The molecule has 9 heteroatoms. The van der Waals surface area contributed by atoms with Crippen molar-refractivity contribution in [1.82, 2.24) is 10.2 Å². The summed E-state index contributed by atoms with van der Waals surface area (Å²) in [5.74, 6) is 0.469. The molecule has 0 aliphatic carbocycles. The summed E-state index contributed by atoms with van der Waals surface area (Å²) in [7, 11) is 0. The number of rotatable bonds is 11. The highest BCUT2D eigenvalue weighted by Crippen LogP contribution is 2.32. The van der Waals surface area contributed by atoms with Crippen LogP contribution in [0.5, 0.6) is 11.5 Å². The quantitative estimate of drug-likeness (QED) is 0.224. The summed E-state index contributed by atoms with van der Waals surface area (Å²) < 4.78 is 11.8. The van der Waals surface area contributed by atoms with E-state index in [1.165, 1.54) is 11.6 Å². The van der Waals surface area contributed by atoms with Crippen LogP contribution in [0, 0.1) is 0 Å². The second-order valence-corrected chi connectivity index (χ2v) is 12.3. The molecule has 0 aromatic heterocycles. The Kier molecular flexibility index (Phi) is 10.7. The summed E-state index contributed by atoms with van der Waals surface area (Å²) in [5.41, 5.74) is 3.94. The molecule has 1 saturated heterocycles. The van der Waals surface area contributed by atoms with Crippen LogP contribution in [-0.4, -0.2) is 41.6 Å². The Bertz CT molecular complexity index is 1530. The van der Waals surface area contributed by atoms with Gasteiger partial charge in [-0.15, -0.1) is 0 Å². The molecule has 1 fully saturated rings. The van der Waals surface area contributed by atoms with Crippen molar-refractivity contribution in [2.75, 3.05) is 19.7 Å². The van der Waals surface area contributed by atoms with E-state index in [1.54, 1.807) is 36.4 Å². The molecule has 3 amide bonds. The van der Waals surface area contributed by atoms with Gasteiger partial charge in [0.1, 0.15) is 6.61 Å². The fourth-order valence-electron chi connectivity index (χ4n) is 4.20. The maximum absolute atomic E-state index is 12.7. The molecule has 1 aliphatic heterocycles. The standard InChI is InChI=1S/C34H35ClN2O5S/c1-5-41-29-20-23(10-16-28(29)42-22-25-6-12-26(13-7-25)34(2,3)4)11-17-31(38)36-18-19-37-32(39)30(43-33(37)40)21-24-8-14-27(35)15-9-24/h6-17,20-21H,5,18-19,22H2,1-4H3,(H,36,38)/b17-11+,30-21-. The molecule has 1 N–H and O–H groups in total. The zero-order valence-corrected chi connectivity index (χ0v) is 26.3. The lowest BCUT2D eigenvalue weighted by Gasteiger charge is -2.19. The highest BCUT2D eigenvalue weighted by Gasteiger charge is 2.34. The SMILES string of the molecule is CCOc1cc(/C=C/C(=O)NCCN2C(=O)S/C(=C\c3ccc(Cl)cc3)C2=O)ccc1OCc1ccc(C(C)(C)C)cc1. The molecule has 0 saturated carbocycles. The lowest BCUT2D eigenvalue weighted by molar-refractivity contribution is -0.123. The molecule has 1 aliphatic rings. The van der Waals surface area contributed by atoms with E-state index in [9.17, 15) is 14.4 Å². The van der Waals surface area contributed by atoms with Gasteiger partial charge in [-0.1, -0.05) is 74.8 Å². The molecule has 7 nitrogen and oxygen atoms in total. The molecule has 3 aromatic rings. The first-order chi connectivity index (χ1) is 20.5. The largest absolute Gasteiger partial charge is 0.490 e. The Balaban J connectivity index is 1.29. The van der Waals surface area contributed by atoms with Crippen LogP contribution in [0.25, 0.3) is 12.2 Å². The van der Waals surface area contributed by atoms with E-state index < -0.39 is 0 Å². The highest BCUT2D eigenvalue weighted by molar-refractivity contribution is 8.18. The van der Waals surface area contributed by atoms with Gasteiger partial charge in [-0.2, -0.15) is 0 Å². The summed E-state index contributed by atoms with van der Waals surface area (Å²) in [5, 5.41) is 2.94. The van der Waals surface area contributed by atoms with E-state index in [1.807, 2.05) is 25.1 Å². The zero-order chi connectivity index (χ0) is 31.0. The number of hydrogen-bond acceptors (Lipinski definition) is 6. The molecule has 0 radical (unpaired) electrons. The summed E-state index contributed by atoms with van der Waals surface area (Å²) in [6.07, 6.45) is 4.72. The van der Waals surface area contributed by atoms with Gasteiger partial charge in [-0.25, -0.2) is 0 Å². The third-order valence-corrected chi connectivity index (χ3v) is 7.74. The Morgan fingerprint density at radius 3 is 2.33 bits per heavy atom. The predicted octanol–water partition coefficient (Wildman–Crippen LogP) is 7.48. The van der Waals surface area contributed by atoms with Crippen molar-refractivity contribution in [3.8, 4) is 11.5 Å². The van der Waals surface area contributed by atoms with Crippen molar-refractivity contribution in [3.05, 3.63) is 105 Å². The summed E-state index contributed by atoms with van der Waals surface area (Å²) in [6.45, 7) is 9.52. The van der Waals surface area contributed by atoms with Gasteiger partial charge in [0.15, 0.2) is 11.5 Å². The molecule has 3 aromatic carbocycles. The molecule has 4 rings (SSSR count). The van der Waals surface area contributed by atoms with Gasteiger partial charge < -0.3 is 14.8 Å². The highest BCUT2D eigenvalue weighted by atomic mass is 35.5. The van der Waals surface area contributed by atoms with Gasteiger partial charge in [0.05, 0.1) is 11.5 Å². The van der Waals surface area contributed by atoms with Gasteiger partial charge in [0.25, 0.3) is 11.1 Å². The monoisotopic (exact) mass is 618 g/mol. The number of hydrogen-bond donors (Lipinski definition) is 1. The number of nitrogens with zero attached hydrogens (tertiary/aromatic N) is 1. The normalized spacial score (nSPS) is 14.5. The van der Waals surface area contributed by atoms with E-state index in [-0.39, 0.29) is 35.6 Å². The predicted molar refractivity (Wildman–Crippen MR) is 173 cm³/mol. The van der Waals surface area contributed by atoms with E-state index >= 15 is 0 Å². The Hall–Kier alpha value is -4.01. The number of thioether (sulfide) groups is 1. The van der Waals surface area contributed by atoms with Crippen molar-refractivity contribution in [2.24, 2.45) is 0 Å². The van der Waals surface area contributed by atoms with Gasteiger partial charge in [-0.05, 0) is 82.8 Å². The van der Waals surface area contributed by atoms with Crippen molar-refractivity contribution < 1.29 is 23.9 Å². The lowest BCUT2D eigenvalue weighted by atomic mass is 9.87. The van der Waals surface area contributed by atoms with Crippen LogP contribution in [0.2, 0.25) is 5.02 Å². The molecular weight excluding hydrogens is 584 g/mol. The number of amides is 3. The number of ether oxygens (including phenoxy) is 2. The van der Waals surface area contributed by atoms with Gasteiger partial charge in [0, 0.05) is 24.2 Å². The van der Waals surface area contributed by atoms with Crippen LogP contribution in [0.3, 0.4) is 0 Å².